The number of rotatable bonds is 0. The first-order valence-electron chi connectivity index (χ1n) is 3.87. The molecule has 5 heteroatoms. The highest BCUT2D eigenvalue weighted by molar-refractivity contribution is 5.49. The van der Waals surface area contributed by atoms with Crippen molar-refractivity contribution in [2.45, 2.75) is 19.4 Å². The second kappa shape index (κ2) is 2.65. The molecule has 0 aromatic heterocycles. The van der Waals surface area contributed by atoms with Crippen LogP contribution >= 0.6 is 0 Å². The summed E-state index contributed by atoms with van der Waals surface area (Å²) in [5.74, 6) is -0.138. The molecule has 0 saturated carbocycles. The maximum absolute atomic E-state index is 8.98. The second-order valence-corrected chi connectivity index (χ2v) is 3.44. The van der Waals surface area contributed by atoms with Gasteiger partial charge in [-0.05, 0) is 13.8 Å². The van der Waals surface area contributed by atoms with Gasteiger partial charge in [0.1, 0.15) is 17.2 Å². The molecule has 70 valence electrons. The first kappa shape index (κ1) is 9.89. The second-order valence-electron chi connectivity index (χ2n) is 3.44. The van der Waals surface area contributed by atoms with Crippen LogP contribution in [0, 0.1) is 39.4 Å². The molecule has 0 saturated heterocycles. The summed E-state index contributed by atoms with van der Waals surface area (Å²) in [4.78, 5) is 0. The monoisotopic (exact) mass is 188 g/mol. The van der Waals surface area contributed by atoms with Crippen molar-refractivity contribution in [3.63, 3.8) is 0 Å². The van der Waals surface area contributed by atoms with Crippen LogP contribution in [0.4, 0.5) is 0 Å². The minimum absolute atomic E-state index is 0.104. The first-order valence-corrected chi connectivity index (χ1v) is 3.87. The smallest absolute Gasteiger partial charge is 0.222 e. The predicted molar refractivity (Wildman–Crippen MR) is 45.6 cm³/mol. The van der Waals surface area contributed by atoms with E-state index < -0.39 is 11.0 Å². The Morgan fingerprint density at radius 3 is 2.00 bits per heavy atom. The zero-order valence-electron chi connectivity index (χ0n) is 7.83. The fourth-order valence-corrected chi connectivity index (χ4v) is 1.43. The highest BCUT2D eigenvalue weighted by Crippen LogP contribution is 2.46. The van der Waals surface area contributed by atoms with Crippen molar-refractivity contribution in [2.24, 2.45) is 11.1 Å². The molecule has 0 atom stereocenters. The lowest BCUT2D eigenvalue weighted by atomic mass is 9.72. The summed E-state index contributed by atoms with van der Waals surface area (Å²) < 4.78 is 5.14. The molecule has 0 aliphatic carbocycles. The van der Waals surface area contributed by atoms with E-state index in [1.54, 1.807) is 32.1 Å². The van der Waals surface area contributed by atoms with E-state index in [1.165, 1.54) is 0 Å². The molecule has 1 heterocycles. The third-order valence-corrected chi connectivity index (χ3v) is 2.34. The molecule has 0 unspecified atom stereocenters. The normalized spacial score (nSPS) is 21.6. The van der Waals surface area contributed by atoms with Crippen molar-refractivity contribution in [1.29, 1.82) is 15.8 Å². The van der Waals surface area contributed by atoms with Crippen molar-refractivity contribution in [2.75, 3.05) is 0 Å². The topological polar surface area (TPSA) is 107 Å². The van der Waals surface area contributed by atoms with Crippen LogP contribution in [-0.4, -0.2) is 5.60 Å². The van der Waals surface area contributed by atoms with Gasteiger partial charge in [0, 0.05) is 0 Å². The number of nitrogens with two attached hydrogens (primary N) is 1. The van der Waals surface area contributed by atoms with Crippen molar-refractivity contribution in [3.8, 4) is 18.2 Å². The fourth-order valence-electron chi connectivity index (χ4n) is 1.43. The maximum Gasteiger partial charge on any atom is 0.222 e. The molecule has 0 bridgehead atoms. The van der Waals surface area contributed by atoms with E-state index in [0.29, 0.717) is 0 Å². The van der Waals surface area contributed by atoms with Gasteiger partial charge in [0.05, 0.1) is 12.1 Å². The van der Waals surface area contributed by atoms with Gasteiger partial charge in [0.15, 0.2) is 0 Å². The lowest BCUT2D eigenvalue weighted by molar-refractivity contribution is 0.0195. The Labute approximate surface area is 81.6 Å². The van der Waals surface area contributed by atoms with Crippen LogP contribution in [0.15, 0.2) is 11.5 Å². The van der Waals surface area contributed by atoms with E-state index in [-0.39, 0.29) is 11.5 Å². The molecule has 0 amide bonds. The molecule has 14 heavy (non-hydrogen) atoms. The molecule has 1 aliphatic heterocycles. The molecular formula is C9H8N4O. The lowest BCUT2D eigenvalue weighted by Crippen LogP contribution is -2.40. The minimum Gasteiger partial charge on any atom is -0.469 e. The highest BCUT2D eigenvalue weighted by Gasteiger charge is 2.58. The Bertz CT molecular complexity index is 413. The Morgan fingerprint density at radius 1 is 1.21 bits per heavy atom. The molecule has 0 spiro atoms. The molecular weight excluding hydrogens is 180 g/mol. The highest BCUT2D eigenvalue weighted by atomic mass is 16.5. The Kier molecular flexibility index (Phi) is 1.87. The summed E-state index contributed by atoms with van der Waals surface area (Å²) in [6, 6.07) is 5.35. The molecule has 1 aliphatic rings. The van der Waals surface area contributed by atoms with E-state index >= 15 is 0 Å². The van der Waals surface area contributed by atoms with Crippen LogP contribution in [0.1, 0.15) is 13.8 Å². The average molecular weight is 188 g/mol. The molecule has 0 radical (unpaired) electrons. The summed E-state index contributed by atoms with van der Waals surface area (Å²) in [5, 5.41) is 26.8. The Morgan fingerprint density at radius 2 is 1.71 bits per heavy atom. The molecule has 0 aromatic rings. The third-order valence-electron chi connectivity index (χ3n) is 2.34. The van der Waals surface area contributed by atoms with E-state index in [0.717, 1.165) is 0 Å². The number of hydrogen-bond donors (Lipinski definition) is 1. The number of nitrogens with zero attached hydrogens (tertiary/aromatic N) is 3. The van der Waals surface area contributed by atoms with Crippen LogP contribution in [0.5, 0.6) is 0 Å². The quantitative estimate of drug-likeness (QED) is 0.596. The molecule has 2 N–H and O–H groups in total. The van der Waals surface area contributed by atoms with Gasteiger partial charge in [0.2, 0.25) is 11.3 Å². The third kappa shape index (κ3) is 0.857. The molecule has 0 aromatic carbocycles. The van der Waals surface area contributed by atoms with Crippen LogP contribution in [0.25, 0.3) is 0 Å². The van der Waals surface area contributed by atoms with Gasteiger partial charge in [-0.1, -0.05) is 0 Å². The zero-order chi connectivity index (χ0) is 11.0. The van der Waals surface area contributed by atoms with Gasteiger partial charge in [-0.2, -0.15) is 15.8 Å². The van der Waals surface area contributed by atoms with Crippen LogP contribution in [-0.2, 0) is 4.74 Å². The largest absolute Gasteiger partial charge is 0.469 e. The van der Waals surface area contributed by atoms with Crippen LogP contribution < -0.4 is 5.73 Å². The fraction of sp³-hybridized carbons (Fsp3) is 0.444. The summed E-state index contributed by atoms with van der Waals surface area (Å²) >= 11 is 0. The van der Waals surface area contributed by atoms with Gasteiger partial charge in [-0.3, -0.25) is 0 Å². The van der Waals surface area contributed by atoms with Gasteiger partial charge in [0.25, 0.3) is 0 Å². The zero-order valence-corrected chi connectivity index (χ0v) is 7.83. The van der Waals surface area contributed by atoms with Crippen LogP contribution in [0.2, 0.25) is 0 Å². The molecule has 5 nitrogen and oxygen atoms in total. The molecule has 0 fully saturated rings. The van der Waals surface area contributed by atoms with Crippen molar-refractivity contribution in [3.05, 3.63) is 11.5 Å². The van der Waals surface area contributed by atoms with Crippen molar-refractivity contribution >= 4 is 0 Å². The number of ether oxygens (including phenoxy) is 1. The van der Waals surface area contributed by atoms with E-state index in [1.807, 2.05) is 0 Å². The Balaban J connectivity index is 3.49. The molecule has 1 rings (SSSR count). The summed E-state index contributed by atoms with van der Waals surface area (Å²) in [6.07, 6.45) is 0. The average Bonchev–Trinajstić information content (AvgIpc) is 2.31. The number of hydrogen-bond acceptors (Lipinski definition) is 5. The Hall–Kier alpha value is -2.19. The van der Waals surface area contributed by atoms with Crippen molar-refractivity contribution < 1.29 is 4.74 Å². The maximum atomic E-state index is 8.98. The minimum atomic E-state index is -1.61. The summed E-state index contributed by atoms with van der Waals surface area (Å²) in [7, 11) is 0. The van der Waals surface area contributed by atoms with E-state index in [9.17, 15) is 0 Å². The van der Waals surface area contributed by atoms with Gasteiger partial charge < -0.3 is 10.5 Å². The SMILES string of the molecule is CC1(C)OC(N)=C(C#N)C1(C#N)C#N. The van der Waals surface area contributed by atoms with Gasteiger partial charge in [-0.25, -0.2) is 0 Å². The standard InChI is InChI=1S/C9H8N4O/c1-8(2)9(4-11,5-12)6(3-10)7(13)14-8/h13H2,1-2H3. The predicted octanol–water partition coefficient (Wildman–Crippen LogP) is 0.523. The van der Waals surface area contributed by atoms with Gasteiger partial charge in [-0.15, -0.1) is 0 Å². The summed E-state index contributed by atoms with van der Waals surface area (Å²) in [6.45, 7) is 3.10. The lowest BCUT2D eigenvalue weighted by Gasteiger charge is -2.27. The van der Waals surface area contributed by atoms with Crippen LogP contribution in [0.3, 0.4) is 0 Å². The van der Waals surface area contributed by atoms with E-state index in [4.69, 9.17) is 26.3 Å². The summed E-state index contributed by atoms with van der Waals surface area (Å²) in [5.41, 5.74) is 2.62. The van der Waals surface area contributed by atoms with Crippen molar-refractivity contribution in [1.82, 2.24) is 0 Å². The first-order chi connectivity index (χ1) is 6.45. The van der Waals surface area contributed by atoms with E-state index in [2.05, 4.69) is 0 Å². The number of nitriles is 3. The van der Waals surface area contributed by atoms with Gasteiger partial charge >= 0.3 is 0 Å².